The highest BCUT2D eigenvalue weighted by Gasteiger charge is 2.16. The van der Waals surface area contributed by atoms with E-state index in [-0.39, 0.29) is 10.6 Å². The topological polar surface area (TPSA) is 81.7 Å². The first-order valence-corrected chi connectivity index (χ1v) is 9.76. The molecular formula is C18H21NO5S. The van der Waals surface area contributed by atoms with Crippen LogP contribution in [0.2, 0.25) is 0 Å². The molecule has 2 aromatic carbocycles. The molecule has 0 aliphatic carbocycles. The van der Waals surface area contributed by atoms with Crippen LogP contribution in [0, 0.1) is 0 Å². The van der Waals surface area contributed by atoms with Crippen LogP contribution in [0.1, 0.15) is 24.2 Å². The Bertz CT molecular complexity index is 862. The van der Waals surface area contributed by atoms with E-state index in [4.69, 9.17) is 9.47 Å². The molecule has 2 aromatic rings. The number of para-hydroxylation sites is 1. The maximum absolute atomic E-state index is 12.5. The molecule has 0 fully saturated rings. The average molecular weight is 363 g/mol. The molecule has 0 saturated heterocycles. The highest BCUT2D eigenvalue weighted by Crippen LogP contribution is 2.29. The smallest absolute Gasteiger partial charge is 0.255 e. The average Bonchev–Trinajstić information content (AvgIpc) is 2.56. The lowest BCUT2D eigenvalue weighted by atomic mass is 10.2. The maximum Gasteiger partial charge on any atom is 0.255 e. The molecule has 0 bridgehead atoms. The van der Waals surface area contributed by atoms with Gasteiger partial charge >= 0.3 is 0 Å². The van der Waals surface area contributed by atoms with Crippen LogP contribution in [0.4, 0.5) is 5.69 Å². The monoisotopic (exact) mass is 363 g/mol. The van der Waals surface area contributed by atoms with E-state index >= 15 is 0 Å². The summed E-state index contributed by atoms with van der Waals surface area (Å²) in [4.78, 5) is 12.6. The molecule has 1 amide bonds. The third kappa shape index (κ3) is 4.73. The predicted octanol–water partition coefficient (Wildman–Crippen LogP) is 3.14. The van der Waals surface area contributed by atoms with E-state index in [2.05, 4.69) is 5.32 Å². The Morgan fingerprint density at radius 3 is 2.28 bits per heavy atom. The van der Waals surface area contributed by atoms with Gasteiger partial charge in [-0.25, -0.2) is 8.42 Å². The normalized spacial score (nSPS) is 11.0. The van der Waals surface area contributed by atoms with Crippen molar-refractivity contribution in [3.05, 3.63) is 48.0 Å². The van der Waals surface area contributed by atoms with Gasteiger partial charge in [-0.3, -0.25) is 4.79 Å². The quantitative estimate of drug-likeness (QED) is 0.817. The number of rotatable bonds is 7. The van der Waals surface area contributed by atoms with Crippen molar-refractivity contribution in [2.75, 3.05) is 24.8 Å². The molecule has 7 heteroatoms. The minimum atomic E-state index is -3.45. The first-order valence-electron chi connectivity index (χ1n) is 7.87. The zero-order chi connectivity index (χ0) is 18.4. The Hall–Kier alpha value is -2.54. The van der Waals surface area contributed by atoms with Crippen LogP contribution < -0.4 is 14.8 Å². The van der Waals surface area contributed by atoms with Crippen molar-refractivity contribution in [3.8, 4) is 11.5 Å². The lowest BCUT2D eigenvalue weighted by Gasteiger charge is -2.13. The van der Waals surface area contributed by atoms with Gasteiger partial charge in [-0.15, -0.1) is 0 Å². The lowest BCUT2D eigenvalue weighted by Crippen LogP contribution is -2.15. The van der Waals surface area contributed by atoms with Crippen LogP contribution in [-0.4, -0.2) is 33.8 Å². The Kier molecular flexibility index (Phi) is 6.03. The van der Waals surface area contributed by atoms with Crippen LogP contribution in [-0.2, 0) is 9.84 Å². The Labute approximate surface area is 147 Å². The molecule has 0 unspecified atom stereocenters. The van der Waals surface area contributed by atoms with Crippen molar-refractivity contribution >= 4 is 21.4 Å². The summed E-state index contributed by atoms with van der Waals surface area (Å²) in [6, 6.07) is 11.1. The Morgan fingerprint density at radius 2 is 1.64 bits per heavy atom. The minimum absolute atomic E-state index is 0.0688. The zero-order valence-electron chi connectivity index (χ0n) is 14.4. The summed E-state index contributed by atoms with van der Waals surface area (Å²) in [5.74, 6) is 0.589. The Morgan fingerprint density at radius 1 is 1.00 bits per heavy atom. The van der Waals surface area contributed by atoms with E-state index in [1.807, 2.05) is 13.8 Å². The highest BCUT2D eigenvalue weighted by molar-refractivity contribution is 7.90. The summed E-state index contributed by atoms with van der Waals surface area (Å²) < 4.78 is 34.7. The number of carbonyl (C=O) groups excluding carboxylic acids is 1. The van der Waals surface area contributed by atoms with Gasteiger partial charge in [0.25, 0.3) is 5.91 Å². The number of hydrogen-bond donors (Lipinski definition) is 1. The van der Waals surface area contributed by atoms with Crippen LogP contribution in [0.3, 0.4) is 0 Å². The fourth-order valence-corrected chi connectivity index (χ4v) is 3.12. The molecule has 134 valence electrons. The summed E-state index contributed by atoms with van der Waals surface area (Å²) in [7, 11) is -3.45. The van der Waals surface area contributed by atoms with E-state index in [9.17, 15) is 13.2 Å². The standard InChI is InChI=1S/C18H21NO5S/c1-4-23-15-11-10-13(12-16(15)24-5-2)18(20)19-14-8-6-7-9-17(14)25(3,21)22/h6-12H,4-5H2,1-3H3,(H,19,20). The summed E-state index contributed by atoms with van der Waals surface area (Å²) in [5, 5.41) is 2.64. The van der Waals surface area contributed by atoms with Gasteiger partial charge in [0.05, 0.1) is 23.8 Å². The van der Waals surface area contributed by atoms with Gasteiger partial charge in [0, 0.05) is 11.8 Å². The van der Waals surface area contributed by atoms with Crippen molar-refractivity contribution in [1.82, 2.24) is 0 Å². The lowest BCUT2D eigenvalue weighted by molar-refractivity contribution is 0.102. The number of carbonyl (C=O) groups is 1. The Balaban J connectivity index is 2.32. The molecule has 0 heterocycles. The predicted molar refractivity (Wildman–Crippen MR) is 96.3 cm³/mol. The van der Waals surface area contributed by atoms with Gasteiger partial charge in [0.15, 0.2) is 21.3 Å². The number of nitrogens with one attached hydrogen (secondary N) is 1. The number of sulfone groups is 1. The number of ether oxygens (including phenoxy) is 2. The SMILES string of the molecule is CCOc1ccc(C(=O)Nc2ccccc2S(C)(=O)=O)cc1OCC. The molecule has 25 heavy (non-hydrogen) atoms. The largest absolute Gasteiger partial charge is 0.490 e. The third-order valence-electron chi connectivity index (χ3n) is 3.34. The van der Waals surface area contributed by atoms with Crippen molar-refractivity contribution < 1.29 is 22.7 Å². The second-order valence-corrected chi connectivity index (χ2v) is 7.23. The van der Waals surface area contributed by atoms with Crippen LogP contribution >= 0.6 is 0 Å². The van der Waals surface area contributed by atoms with Crippen molar-refractivity contribution in [1.29, 1.82) is 0 Å². The van der Waals surface area contributed by atoms with E-state index in [1.165, 1.54) is 6.07 Å². The zero-order valence-corrected chi connectivity index (χ0v) is 15.2. The fourth-order valence-electron chi connectivity index (χ4n) is 2.28. The first kappa shape index (κ1) is 18.8. The van der Waals surface area contributed by atoms with Crippen LogP contribution in [0.5, 0.6) is 11.5 Å². The van der Waals surface area contributed by atoms with Crippen LogP contribution in [0.15, 0.2) is 47.4 Å². The summed E-state index contributed by atoms with van der Waals surface area (Å²) in [6.07, 6.45) is 1.10. The van der Waals surface area contributed by atoms with Gasteiger partial charge in [0.2, 0.25) is 0 Å². The van der Waals surface area contributed by atoms with E-state index in [0.29, 0.717) is 30.3 Å². The molecular weight excluding hydrogens is 342 g/mol. The second kappa shape index (κ2) is 8.02. The molecule has 0 aliphatic heterocycles. The molecule has 1 N–H and O–H groups in total. The number of benzene rings is 2. The summed E-state index contributed by atoms with van der Waals surface area (Å²) in [5.41, 5.74) is 0.581. The van der Waals surface area contributed by atoms with E-state index < -0.39 is 15.7 Å². The van der Waals surface area contributed by atoms with Gasteiger partial charge in [-0.05, 0) is 44.2 Å². The first-order chi connectivity index (χ1) is 11.9. The number of hydrogen-bond acceptors (Lipinski definition) is 5. The van der Waals surface area contributed by atoms with E-state index in [1.54, 1.807) is 36.4 Å². The third-order valence-corrected chi connectivity index (χ3v) is 4.50. The van der Waals surface area contributed by atoms with Gasteiger partial charge < -0.3 is 14.8 Å². The second-order valence-electron chi connectivity index (χ2n) is 5.25. The molecule has 2 rings (SSSR count). The number of amides is 1. The van der Waals surface area contributed by atoms with Crippen molar-refractivity contribution in [2.24, 2.45) is 0 Å². The maximum atomic E-state index is 12.5. The molecule has 0 aliphatic rings. The molecule has 0 radical (unpaired) electrons. The van der Waals surface area contributed by atoms with Crippen molar-refractivity contribution in [2.45, 2.75) is 18.7 Å². The van der Waals surface area contributed by atoms with E-state index in [0.717, 1.165) is 6.26 Å². The molecule has 0 saturated carbocycles. The highest BCUT2D eigenvalue weighted by atomic mass is 32.2. The summed E-state index contributed by atoms with van der Waals surface area (Å²) in [6.45, 7) is 4.61. The van der Waals surface area contributed by atoms with Gasteiger partial charge in [0.1, 0.15) is 0 Å². The van der Waals surface area contributed by atoms with Gasteiger partial charge in [-0.1, -0.05) is 12.1 Å². The molecule has 0 aromatic heterocycles. The molecule has 6 nitrogen and oxygen atoms in total. The van der Waals surface area contributed by atoms with Crippen LogP contribution in [0.25, 0.3) is 0 Å². The molecule has 0 spiro atoms. The number of anilines is 1. The summed E-state index contributed by atoms with van der Waals surface area (Å²) >= 11 is 0. The molecule has 0 atom stereocenters. The van der Waals surface area contributed by atoms with Gasteiger partial charge in [-0.2, -0.15) is 0 Å². The minimum Gasteiger partial charge on any atom is -0.490 e. The van der Waals surface area contributed by atoms with Crippen molar-refractivity contribution in [3.63, 3.8) is 0 Å². The fraction of sp³-hybridized carbons (Fsp3) is 0.278.